The molecule has 0 bridgehead atoms. The van der Waals surface area contributed by atoms with Crippen LogP contribution in [0.3, 0.4) is 0 Å². The van der Waals surface area contributed by atoms with Crippen LogP contribution in [0.25, 0.3) is 0 Å². The fourth-order valence-electron chi connectivity index (χ4n) is 3.10. The molecule has 0 amide bonds. The summed E-state index contributed by atoms with van der Waals surface area (Å²) in [5, 5.41) is 0. The van der Waals surface area contributed by atoms with E-state index in [-0.39, 0.29) is 0 Å². The van der Waals surface area contributed by atoms with Crippen LogP contribution >= 0.6 is 0 Å². The van der Waals surface area contributed by atoms with Crippen molar-refractivity contribution in [2.45, 2.75) is 54.9 Å². The second-order valence-corrected chi connectivity index (χ2v) is 6.47. The molecule has 2 atom stereocenters. The van der Waals surface area contributed by atoms with E-state index < -0.39 is 0 Å². The predicted molar refractivity (Wildman–Crippen MR) is 59.7 cm³/mol. The van der Waals surface area contributed by atoms with E-state index in [0.717, 1.165) is 17.8 Å². The van der Waals surface area contributed by atoms with Crippen molar-refractivity contribution in [3.8, 4) is 0 Å². The molecule has 0 heterocycles. The molecule has 0 aromatic rings. The third-order valence-corrected chi connectivity index (χ3v) is 5.05. The molecule has 0 aromatic heterocycles. The van der Waals surface area contributed by atoms with Crippen LogP contribution in [0.1, 0.15) is 54.9 Å². The molecule has 0 N–H and O–H groups in total. The van der Waals surface area contributed by atoms with Crippen LogP contribution in [0.2, 0.25) is 0 Å². The van der Waals surface area contributed by atoms with Crippen molar-refractivity contribution in [1.29, 1.82) is 0 Å². The van der Waals surface area contributed by atoms with Crippen molar-refractivity contribution < 1.29 is 0 Å². The first-order chi connectivity index (χ1) is 5.71. The van der Waals surface area contributed by atoms with Crippen LogP contribution in [-0.2, 0) is 0 Å². The highest BCUT2D eigenvalue weighted by molar-refractivity contribution is 5.07. The average molecular weight is 182 g/mol. The van der Waals surface area contributed by atoms with Crippen LogP contribution in [-0.4, -0.2) is 0 Å². The minimum Gasteiger partial charge on any atom is -0.0628 e. The van der Waals surface area contributed by atoms with Crippen LogP contribution in [0.15, 0.2) is 0 Å². The van der Waals surface area contributed by atoms with E-state index >= 15 is 0 Å². The predicted octanol–water partition coefficient (Wildman–Crippen LogP) is 4.35. The highest BCUT2D eigenvalue weighted by Gasteiger charge is 2.58. The fourth-order valence-corrected chi connectivity index (χ4v) is 3.10. The van der Waals surface area contributed by atoms with Gasteiger partial charge in [0.15, 0.2) is 0 Å². The van der Waals surface area contributed by atoms with Crippen molar-refractivity contribution in [3.05, 3.63) is 0 Å². The highest BCUT2D eigenvalue weighted by Crippen LogP contribution is 2.65. The van der Waals surface area contributed by atoms with E-state index in [1.807, 2.05) is 0 Å². The SMILES string of the molecule is CC(C)CC1C(C)C(C)(C)C1(C)C. The lowest BCUT2D eigenvalue weighted by Gasteiger charge is -2.65. The van der Waals surface area contributed by atoms with Crippen molar-refractivity contribution >= 4 is 0 Å². The first-order valence-corrected chi connectivity index (χ1v) is 5.71. The van der Waals surface area contributed by atoms with Gasteiger partial charge in [0, 0.05) is 0 Å². The maximum Gasteiger partial charge on any atom is -0.0269 e. The molecule has 0 radical (unpaired) electrons. The van der Waals surface area contributed by atoms with Gasteiger partial charge in [0.05, 0.1) is 0 Å². The van der Waals surface area contributed by atoms with Crippen molar-refractivity contribution in [1.82, 2.24) is 0 Å². The summed E-state index contributed by atoms with van der Waals surface area (Å²) in [6.07, 6.45) is 1.40. The number of hydrogen-bond donors (Lipinski definition) is 0. The van der Waals surface area contributed by atoms with E-state index in [9.17, 15) is 0 Å². The molecule has 2 unspecified atom stereocenters. The molecule has 1 fully saturated rings. The Kier molecular flexibility index (Phi) is 2.56. The van der Waals surface area contributed by atoms with Gasteiger partial charge in [-0.3, -0.25) is 0 Å². The Balaban J connectivity index is 2.70. The monoisotopic (exact) mass is 182 g/mol. The standard InChI is InChI=1S/C13H26/c1-9(2)8-11-10(3)12(4,5)13(11,6)7/h9-11H,8H2,1-7H3. The van der Waals surface area contributed by atoms with Crippen LogP contribution in [0.5, 0.6) is 0 Å². The first kappa shape index (κ1) is 11.1. The quantitative estimate of drug-likeness (QED) is 0.595. The van der Waals surface area contributed by atoms with E-state index in [2.05, 4.69) is 48.5 Å². The zero-order valence-electron chi connectivity index (χ0n) is 10.4. The van der Waals surface area contributed by atoms with Gasteiger partial charge in [-0.2, -0.15) is 0 Å². The lowest BCUT2D eigenvalue weighted by Crippen LogP contribution is -2.58. The van der Waals surface area contributed by atoms with Gasteiger partial charge in [-0.15, -0.1) is 0 Å². The molecule has 0 saturated heterocycles. The number of rotatable bonds is 2. The molecule has 0 aliphatic heterocycles. The summed E-state index contributed by atoms with van der Waals surface area (Å²) >= 11 is 0. The summed E-state index contributed by atoms with van der Waals surface area (Å²) in [7, 11) is 0. The first-order valence-electron chi connectivity index (χ1n) is 5.71. The Morgan fingerprint density at radius 1 is 1.00 bits per heavy atom. The summed E-state index contributed by atoms with van der Waals surface area (Å²) in [6.45, 7) is 16.9. The second-order valence-electron chi connectivity index (χ2n) is 6.47. The van der Waals surface area contributed by atoms with Gasteiger partial charge in [0.1, 0.15) is 0 Å². The average Bonchev–Trinajstić information content (AvgIpc) is 1.98. The second kappa shape index (κ2) is 3.00. The summed E-state index contributed by atoms with van der Waals surface area (Å²) < 4.78 is 0. The van der Waals surface area contributed by atoms with Gasteiger partial charge >= 0.3 is 0 Å². The summed E-state index contributed by atoms with van der Waals surface area (Å²) in [4.78, 5) is 0. The third kappa shape index (κ3) is 1.43. The molecule has 78 valence electrons. The molecule has 1 saturated carbocycles. The van der Waals surface area contributed by atoms with Gasteiger partial charge in [0.2, 0.25) is 0 Å². The lowest BCUT2D eigenvalue weighted by molar-refractivity contribution is -0.165. The fraction of sp³-hybridized carbons (Fsp3) is 1.00. The Hall–Kier alpha value is 0. The summed E-state index contributed by atoms with van der Waals surface area (Å²) in [5.74, 6) is 2.68. The molecule has 0 spiro atoms. The summed E-state index contributed by atoms with van der Waals surface area (Å²) in [5.41, 5.74) is 1.07. The topological polar surface area (TPSA) is 0 Å². The normalized spacial score (nSPS) is 36.0. The van der Waals surface area contributed by atoms with Crippen LogP contribution in [0.4, 0.5) is 0 Å². The van der Waals surface area contributed by atoms with Crippen LogP contribution in [0, 0.1) is 28.6 Å². The van der Waals surface area contributed by atoms with Crippen LogP contribution < -0.4 is 0 Å². The third-order valence-electron chi connectivity index (χ3n) is 5.05. The highest BCUT2D eigenvalue weighted by atomic mass is 14.6. The minimum atomic E-state index is 0.534. The van der Waals surface area contributed by atoms with Crippen molar-refractivity contribution in [3.63, 3.8) is 0 Å². The molecule has 13 heavy (non-hydrogen) atoms. The van der Waals surface area contributed by atoms with E-state index in [1.54, 1.807) is 0 Å². The maximum absolute atomic E-state index is 2.44. The lowest BCUT2D eigenvalue weighted by atomic mass is 9.40. The van der Waals surface area contributed by atoms with Crippen molar-refractivity contribution in [2.24, 2.45) is 28.6 Å². The Morgan fingerprint density at radius 3 is 1.77 bits per heavy atom. The summed E-state index contributed by atoms with van der Waals surface area (Å²) in [6, 6.07) is 0. The van der Waals surface area contributed by atoms with Gasteiger partial charge in [0.25, 0.3) is 0 Å². The smallest absolute Gasteiger partial charge is 0.0269 e. The maximum atomic E-state index is 2.44. The molecular weight excluding hydrogens is 156 g/mol. The molecule has 0 heteroatoms. The molecular formula is C13H26. The van der Waals surface area contributed by atoms with E-state index in [0.29, 0.717) is 10.8 Å². The zero-order valence-corrected chi connectivity index (χ0v) is 10.4. The molecule has 1 rings (SSSR count). The number of hydrogen-bond acceptors (Lipinski definition) is 0. The Bertz CT molecular complexity index is 186. The van der Waals surface area contributed by atoms with Gasteiger partial charge < -0.3 is 0 Å². The Labute approximate surface area is 84.1 Å². The molecule has 0 aromatic carbocycles. The molecule has 1 aliphatic carbocycles. The molecule has 0 nitrogen and oxygen atoms in total. The minimum absolute atomic E-state index is 0.534. The Morgan fingerprint density at radius 2 is 1.46 bits per heavy atom. The van der Waals surface area contributed by atoms with Gasteiger partial charge in [-0.1, -0.05) is 48.5 Å². The molecule has 1 aliphatic rings. The van der Waals surface area contributed by atoms with E-state index in [1.165, 1.54) is 6.42 Å². The zero-order chi connectivity index (χ0) is 10.4. The largest absolute Gasteiger partial charge is 0.0628 e. The van der Waals surface area contributed by atoms with Gasteiger partial charge in [-0.05, 0) is 35.0 Å². The van der Waals surface area contributed by atoms with Gasteiger partial charge in [-0.25, -0.2) is 0 Å². The van der Waals surface area contributed by atoms with E-state index in [4.69, 9.17) is 0 Å². The van der Waals surface area contributed by atoms with Crippen molar-refractivity contribution in [2.75, 3.05) is 0 Å².